The first kappa shape index (κ1) is 12.0. The standard InChI is InChI=1S/C12H14N4O2/c1-15-10(7-11(17)16(2)12(15)18)14-9-6-4-3-5-8(9)13/h3-7,14H,13H2,1-2H3. The normalized spacial score (nSPS) is 10.3. The van der Waals surface area contributed by atoms with Crippen molar-refractivity contribution in [2.45, 2.75) is 0 Å². The Labute approximate surface area is 103 Å². The fraction of sp³-hybridized carbons (Fsp3) is 0.167. The molecule has 1 heterocycles. The minimum absolute atomic E-state index is 0.366. The van der Waals surface area contributed by atoms with Crippen LogP contribution < -0.4 is 22.3 Å². The second kappa shape index (κ2) is 4.40. The molecule has 1 aromatic heterocycles. The highest BCUT2D eigenvalue weighted by Crippen LogP contribution is 2.20. The fourth-order valence-electron chi connectivity index (χ4n) is 1.60. The molecule has 2 rings (SSSR count). The summed E-state index contributed by atoms with van der Waals surface area (Å²) in [4.78, 5) is 23.3. The van der Waals surface area contributed by atoms with Crippen LogP contribution in [0.25, 0.3) is 0 Å². The van der Waals surface area contributed by atoms with Crippen LogP contribution in [-0.4, -0.2) is 9.13 Å². The van der Waals surface area contributed by atoms with Gasteiger partial charge in [-0.1, -0.05) is 12.1 Å². The van der Waals surface area contributed by atoms with Crippen LogP contribution in [0, 0.1) is 0 Å². The summed E-state index contributed by atoms with van der Waals surface area (Å²) in [6.45, 7) is 0. The van der Waals surface area contributed by atoms with E-state index >= 15 is 0 Å². The molecule has 3 N–H and O–H groups in total. The number of nitrogens with two attached hydrogens (primary N) is 1. The Balaban J connectivity index is 2.52. The topological polar surface area (TPSA) is 82.1 Å². The van der Waals surface area contributed by atoms with E-state index in [1.54, 1.807) is 19.2 Å². The maximum Gasteiger partial charge on any atom is 0.332 e. The van der Waals surface area contributed by atoms with E-state index in [1.165, 1.54) is 17.7 Å². The van der Waals surface area contributed by atoms with Gasteiger partial charge in [-0.25, -0.2) is 4.79 Å². The number of nitrogen functional groups attached to an aromatic ring is 1. The van der Waals surface area contributed by atoms with Gasteiger partial charge in [-0.15, -0.1) is 0 Å². The molecular formula is C12H14N4O2. The lowest BCUT2D eigenvalue weighted by Crippen LogP contribution is -2.37. The molecule has 0 bridgehead atoms. The Morgan fingerprint density at radius 1 is 1.11 bits per heavy atom. The zero-order chi connectivity index (χ0) is 13.3. The van der Waals surface area contributed by atoms with E-state index in [0.29, 0.717) is 17.2 Å². The molecule has 6 nitrogen and oxygen atoms in total. The van der Waals surface area contributed by atoms with Gasteiger partial charge < -0.3 is 11.1 Å². The van der Waals surface area contributed by atoms with Crippen LogP contribution in [0.3, 0.4) is 0 Å². The molecule has 2 aromatic rings. The molecule has 0 aliphatic rings. The fourth-order valence-corrected chi connectivity index (χ4v) is 1.60. The SMILES string of the molecule is Cn1c(Nc2ccccc2N)cc(=O)n(C)c1=O. The maximum atomic E-state index is 11.7. The first-order valence-corrected chi connectivity index (χ1v) is 5.39. The highest BCUT2D eigenvalue weighted by molar-refractivity contribution is 5.70. The molecule has 0 unspecified atom stereocenters. The van der Waals surface area contributed by atoms with Gasteiger partial charge in [0.25, 0.3) is 5.56 Å². The van der Waals surface area contributed by atoms with Gasteiger partial charge in [0.15, 0.2) is 0 Å². The Morgan fingerprint density at radius 3 is 2.44 bits per heavy atom. The third-order valence-corrected chi connectivity index (χ3v) is 2.75. The molecule has 18 heavy (non-hydrogen) atoms. The smallest absolute Gasteiger partial charge is 0.332 e. The zero-order valence-electron chi connectivity index (χ0n) is 10.2. The predicted octanol–water partition coefficient (Wildman–Crippen LogP) is 0.410. The van der Waals surface area contributed by atoms with Gasteiger partial charge in [-0.05, 0) is 12.1 Å². The van der Waals surface area contributed by atoms with E-state index in [2.05, 4.69) is 5.32 Å². The number of aromatic nitrogens is 2. The molecule has 1 aromatic carbocycles. The average molecular weight is 246 g/mol. The second-order valence-electron chi connectivity index (χ2n) is 3.98. The predicted molar refractivity (Wildman–Crippen MR) is 71.1 cm³/mol. The number of hydrogen-bond donors (Lipinski definition) is 2. The van der Waals surface area contributed by atoms with Crippen LogP contribution in [0.15, 0.2) is 39.9 Å². The van der Waals surface area contributed by atoms with Gasteiger partial charge >= 0.3 is 5.69 Å². The Morgan fingerprint density at radius 2 is 1.78 bits per heavy atom. The minimum Gasteiger partial charge on any atom is -0.397 e. The van der Waals surface area contributed by atoms with Gasteiger partial charge in [-0.3, -0.25) is 13.9 Å². The van der Waals surface area contributed by atoms with Crippen molar-refractivity contribution in [1.29, 1.82) is 0 Å². The quantitative estimate of drug-likeness (QED) is 0.752. The first-order chi connectivity index (χ1) is 8.50. The lowest BCUT2D eigenvalue weighted by atomic mass is 10.2. The van der Waals surface area contributed by atoms with Crippen LogP contribution in [-0.2, 0) is 14.1 Å². The van der Waals surface area contributed by atoms with Crippen molar-refractivity contribution in [2.75, 3.05) is 11.1 Å². The molecular weight excluding hydrogens is 232 g/mol. The number of rotatable bonds is 2. The second-order valence-corrected chi connectivity index (χ2v) is 3.98. The van der Waals surface area contributed by atoms with Gasteiger partial charge in [0.05, 0.1) is 11.4 Å². The Kier molecular flexibility index (Phi) is 2.93. The minimum atomic E-state index is -0.389. The Bertz CT molecular complexity index is 700. The molecule has 0 atom stereocenters. The summed E-state index contributed by atoms with van der Waals surface area (Å²) in [5.41, 5.74) is 6.24. The van der Waals surface area contributed by atoms with E-state index in [0.717, 1.165) is 4.57 Å². The molecule has 94 valence electrons. The van der Waals surface area contributed by atoms with Crippen LogP contribution in [0.2, 0.25) is 0 Å². The highest BCUT2D eigenvalue weighted by Gasteiger charge is 2.06. The van der Waals surface area contributed by atoms with Gasteiger partial charge in [0, 0.05) is 20.2 Å². The average Bonchev–Trinajstić information content (AvgIpc) is 2.36. The van der Waals surface area contributed by atoms with Crippen molar-refractivity contribution >= 4 is 17.2 Å². The highest BCUT2D eigenvalue weighted by atomic mass is 16.2. The van der Waals surface area contributed by atoms with Crippen molar-refractivity contribution in [1.82, 2.24) is 9.13 Å². The van der Waals surface area contributed by atoms with Gasteiger partial charge in [0.2, 0.25) is 0 Å². The van der Waals surface area contributed by atoms with Crippen LogP contribution in [0.4, 0.5) is 17.2 Å². The number of nitrogens with zero attached hydrogens (tertiary/aromatic N) is 2. The summed E-state index contributed by atoms with van der Waals surface area (Å²) in [6.07, 6.45) is 0. The Hall–Kier alpha value is -2.50. The largest absolute Gasteiger partial charge is 0.397 e. The van der Waals surface area contributed by atoms with Gasteiger partial charge in [0.1, 0.15) is 5.82 Å². The lowest BCUT2D eigenvalue weighted by molar-refractivity contribution is 0.693. The number of anilines is 3. The number of nitrogens with one attached hydrogen (secondary N) is 1. The number of benzene rings is 1. The lowest BCUT2D eigenvalue weighted by Gasteiger charge is -2.13. The molecule has 0 spiro atoms. The van der Waals surface area contributed by atoms with Crippen LogP contribution in [0.1, 0.15) is 0 Å². The molecule has 6 heteroatoms. The van der Waals surface area contributed by atoms with Crippen molar-refractivity contribution in [3.8, 4) is 0 Å². The van der Waals surface area contributed by atoms with Crippen LogP contribution >= 0.6 is 0 Å². The van der Waals surface area contributed by atoms with E-state index in [-0.39, 0.29) is 11.2 Å². The summed E-state index contributed by atoms with van der Waals surface area (Å²) in [5.74, 6) is 0.404. The first-order valence-electron chi connectivity index (χ1n) is 5.39. The van der Waals surface area contributed by atoms with Crippen molar-refractivity contribution in [3.05, 3.63) is 51.2 Å². The summed E-state index contributed by atoms with van der Waals surface area (Å²) in [6, 6.07) is 8.49. The van der Waals surface area contributed by atoms with Crippen molar-refractivity contribution in [3.63, 3.8) is 0 Å². The van der Waals surface area contributed by atoms with Crippen LogP contribution in [0.5, 0.6) is 0 Å². The summed E-state index contributed by atoms with van der Waals surface area (Å²) >= 11 is 0. The van der Waals surface area contributed by atoms with Crippen molar-refractivity contribution in [2.24, 2.45) is 14.1 Å². The zero-order valence-corrected chi connectivity index (χ0v) is 10.2. The van der Waals surface area contributed by atoms with E-state index in [4.69, 9.17) is 5.73 Å². The maximum absolute atomic E-state index is 11.7. The molecule has 0 aliphatic heterocycles. The third kappa shape index (κ3) is 2.00. The number of para-hydroxylation sites is 2. The molecule has 0 aliphatic carbocycles. The molecule has 0 saturated carbocycles. The van der Waals surface area contributed by atoms with E-state index in [9.17, 15) is 9.59 Å². The van der Waals surface area contributed by atoms with Crippen molar-refractivity contribution < 1.29 is 0 Å². The number of hydrogen-bond acceptors (Lipinski definition) is 4. The van der Waals surface area contributed by atoms with E-state index < -0.39 is 0 Å². The monoisotopic (exact) mass is 246 g/mol. The molecule has 0 amide bonds. The van der Waals surface area contributed by atoms with Gasteiger partial charge in [-0.2, -0.15) is 0 Å². The molecule has 0 saturated heterocycles. The summed E-state index contributed by atoms with van der Waals surface area (Å²) in [5, 5.41) is 2.97. The summed E-state index contributed by atoms with van der Waals surface area (Å²) in [7, 11) is 3.02. The molecule has 0 fully saturated rings. The summed E-state index contributed by atoms with van der Waals surface area (Å²) < 4.78 is 2.40. The third-order valence-electron chi connectivity index (χ3n) is 2.75. The van der Waals surface area contributed by atoms with E-state index in [1.807, 2.05) is 12.1 Å². The molecule has 0 radical (unpaired) electrons.